The highest BCUT2D eigenvalue weighted by Crippen LogP contribution is 2.21. The maximum atomic E-state index is 11.4. The maximum Gasteiger partial charge on any atom is 0.356 e. The van der Waals surface area contributed by atoms with E-state index in [1.54, 1.807) is 31.3 Å². The molecule has 0 aliphatic carbocycles. The molecular formula is C15H21N3O3. The molecule has 0 amide bonds. The van der Waals surface area contributed by atoms with Crippen molar-refractivity contribution in [3.8, 4) is 0 Å². The number of carboxylic acids is 1. The second-order valence-electron chi connectivity index (χ2n) is 5.99. The molecule has 0 spiro atoms. The quantitative estimate of drug-likeness (QED) is 0.760. The Bertz CT molecular complexity index is 647. The first-order valence-electron chi connectivity index (χ1n) is 6.97. The van der Waals surface area contributed by atoms with Gasteiger partial charge in [-0.2, -0.15) is 0 Å². The van der Waals surface area contributed by atoms with Crippen molar-refractivity contribution in [2.45, 2.75) is 32.8 Å². The Morgan fingerprint density at radius 1 is 1.48 bits per heavy atom. The molecule has 2 aromatic heterocycles. The number of imidazole rings is 1. The number of carbonyl (C=O) groups is 1. The highest BCUT2D eigenvalue weighted by atomic mass is 16.4. The third-order valence-corrected chi connectivity index (χ3v) is 3.22. The van der Waals surface area contributed by atoms with Crippen LogP contribution in [0.1, 0.15) is 37.7 Å². The summed E-state index contributed by atoms with van der Waals surface area (Å²) in [4.78, 5) is 15.7. The number of anilines is 1. The molecule has 21 heavy (non-hydrogen) atoms. The van der Waals surface area contributed by atoms with E-state index < -0.39 is 11.6 Å². The van der Waals surface area contributed by atoms with Crippen LogP contribution in [0.3, 0.4) is 0 Å². The van der Waals surface area contributed by atoms with E-state index in [1.165, 1.54) is 4.40 Å². The summed E-state index contributed by atoms with van der Waals surface area (Å²) in [5.74, 6) is -0.431. The Morgan fingerprint density at radius 3 is 2.81 bits per heavy atom. The zero-order chi connectivity index (χ0) is 15.6. The number of aromatic carboxylic acids is 1. The summed E-state index contributed by atoms with van der Waals surface area (Å²) in [6.45, 7) is 6.04. The molecule has 0 saturated carbocycles. The van der Waals surface area contributed by atoms with Crippen molar-refractivity contribution in [2.24, 2.45) is 5.92 Å². The van der Waals surface area contributed by atoms with Crippen molar-refractivity contribution in [1.82, 2.24) is 9.38 Å². The topological polar surface area (TPSA) is 86.9 Å². The molecule has 0 fully saturated rings. The number of pyridine rings is 1. The van der Waals surface area contributed by atoms with Gasteiger partial charge in [0.15, 0.2) is 11.5 Å². The molecule has 0 aromatic carbocycles. The van der Waals surface area contributed by atoms with Gasteiger partial charge in [-0.3, -0.25) is 4.40 Å². The number of rotatable bonds is 6. The van der Waals surface area contributed by atoms with E-state index in [4.69, 9.17) is 0 Å². The van der Waals surface area contributed by atoms with Crippen LogP contribution < -0.4 is 5.32 Å². The number of aromatic nitrogens is 2. The van der Waals surface area contributed by atoms with Crippen molar-refractivity contribution in [2.75, 3.05) is 11.9 Å². The van der Waals surface area contributed by atoms with Gasteiger partial charge in [0.2, 0.25) is 0 Å². The lowest BCUT2D eigenvalue weighted by Gasteiger charge is -2.25. The Kier molecular flexibility index (Phi) is 4.18. The molecule has 0 saturated heterocycles. The largest absolute Gasteiger partial charge is 0.476 e. The van der Waals surface area contributed by atoms with Crippen LogP contribution in [-0.2, 0) is 0 Å². The van der Waals surface area contributed by atoms with Gasteiger partial charge in [-0.05, 0) is 31.4 Å². The monoisotopic (exact) mass is 291 g/mol. The average Bonchev–Trinajstić information content (AvgIpc) is 2.73. The summed E-state index contributed by atoms with van der Waals surface area (Å²) in [6.07, 6.45) is 2.28. The van der Waals surface area contributed by atoms with E-state index in [-0.39, 0.29) is 18.1 Å². The molecule has 0 aliphatic heterocycles. The van der Waals surface area contributed by atoms with Crippen molar-refractivity contribution < 1.29 is 15.0 Å². The molecule has 6 nitrogen and oxygen atoms in total. The molecule has 0 aliphatic rings. The molecule has 3 N–H and O–H groups in total. The molecule has 2 aromatic rings. The number of carboxylic acid groups (broad SMARTS) is 1. The van der Waals surface area contributed by atoms with Crippen molar-refractivity contribution in [3.63, 3.8) is 0 Å². The highest BCUT2D eigenvalue weighted by Gasteiger charge is 2.24. The van der Waals surface area contributed by atoms with E-state index in [2.05, 4.69) is 10.3 Å². The second kappa shape index (κ2) is 5.73. The number of nitrogens with one attached hydrogen (secondary N) is 1. The lowest BCUT2D eigenvalue weighted by atomic mass is 9.94. The smallest absolute Gasteiger partial charge is 0.356 e. The van der Waals surface area contributed by atoms with Gasteiger partial charge < -0.3 is 15.5 Å². The van der Waals surface area contributed by atoms with Gasteiger partial charge in [0.25, 0.3) is 0 Å². The van der Waals surface area contributed by atoms with E-state index in [1.807, 2.05) is 13.8 Å². The van der Waals surface area contributed by atoms with Crippen molar-refractivity contribution in [1.29, 1.82) is 0 Å². The average molecular weight is 291 g/mol. The minimum atomic E-state index is -1.06. The van der Waals surface area contributed by atoms with E-state index in [9.17, 15) is 15.0 Å². The van der Waals surface area contributed by atoms with Gasteiger partial charge in [-0.25, -0.2) is 9.78 Å². The number of aliphatic hydroxyl groups is 1. The van der Waals surface area contributed by atoms with Gasteiger partial charge in [-0.1, -0.05) is 19.9 Å². The maximum absolute atomic E-state index is 11.4. The predicted molar refractivity (Wildman–Crippen MR) is 80.7 cm³/mol. The number of nitrogens with zero attached hydrogens (tertiary/aromatic N) is 2. The normalized spacial score (nSPS) is 14.3. The van der Waals surface area contributed by atoms with E-state index in [0.29, 0.717) is 18.0 Å². The van der Waals surface area contributed by atoms with Crippen LogP contribution >= 0.6 is 0 Å². The lowest BCUT2D eigenvalue weighted by Crippen LogP contribution is -2.35. The first-order chi connectivity index (χ1) is 9.80. The minimum absolute atomic E-state index is 0.0750. The van der Waals surface area contributed by atoms with Crippen LogP contribution in [0.5, 0.6) is 0 Å². The number of hydrogen-bond acceptors (Lipinski definition) is 4. The van der Waals surface area contributed by atoms with Gasteiger partial charge in [0.05, 0.1) is 5.60 Å². The molecular weight excluding hydrogens is 270 g/mol. The summed E-state index contributed by atoms with van der Waals surface area (Å²) in [5, 5.41) is 22.6. The predicted octanol–water partition coefficient (Wildman–Crippen LogP) is 2.24. The molecule has 114 valence electrons. The fourth-order valence-corrected chi connectivity index (χ4v) is 2.55. The SMILES string of the molecule is CC(C)CC(C)(O)CNc1nc2ccccn2c1C(=O)O. The molecule has 6 heteroatoms. The standard InChI is InChI=1S/C15H21N3O3/c1-10(2)8-15(3,21)9-16-13-12(14(19)20)18-7-5-4-6-11(18)17-13/h4-7,10,16,21H,8-9H2,1-3H3,(H,19,20). The molecule has 2 heterocycles. The molecule has 1 unspecified atom stereocenters. The fourth-order valence-electron chi connectivity index (χ4n) is 2.55. The van der Waals surface area contributed by atoms with Crippen molar-refractivity contribution in [3.05, 3.63) is 30.1 Å². The van der Waals surface area contributed by atoms with Gasteiger partial charge >= 0.3 is 5.97 Å². The fraction of sp³-hybridized carbons (Fsp3) is 0.467. The molecule has 1 atom stereocenters. The molecule has 0 radical (unpaired) electrons. The molecule has 0 bridgehead atoms. The first-order valence-corrected chi connectivity index (χ1v) is 6.97. The Balaban J connectivity index is 2.26. The zero-order valence-corrected chi connectivity index (χ0v) is 12.5. The third-order valence-electron chi connectivity index (χ3n) is 3.22. The number of hydrogen-bond donors (Lipinski definition) is 3. The molecule has 2 rings (SSSR count). The van der Waals surface area contributed by atoms with Gasteiger partial charge in [0.1, 0.15) is 5.65 Å². The Labute approximate surface area is 123 Å². The summed E-state index contributed by atoms with van der Waals surface area (Å²) in [6, 6.07) is 5.29. The van der Waals surface area contributed by atoms with Crippen LogP contribution in [0.4, 0.5) is 5.82 Å². The summed E-state index contributed by atoms with van der Waals surface area (Å²) >= 11 is 0. The Morgan fingerprint density at radius 2 is 2.19 bits per heavy atom. The van der Waals surface area contributed by atoms with Crippen LogP contribution in [0.25, 0.3) is 5.65 Å². The van der Waals surface area contributed by atoms with E-state index >= 15 is 0 Å². The van der Waals surface area contributed by atoms with Gasteiger partial charge in [-0.15, -0.1) is 0 Å². The van der Waals surface area contributed by atoms with Crippen LogP contribution in [0.15, 0.2) is 24.4 Å². The summed E-state index contributed by atoms with van der Waals surface area (Å²) in [7, 11) is 0. The third kappa shape index (κ3) is 3.52. The number of fused-ring (bicyclic) bond motifs is 1. The van der Waals surface area contributed by atoms with Crippen LogP contribution in [0, 0.1) is 5.92 Å². The highest BCUT2D eigenvalue weighted by molar-refractivity contribution is 5.92. The van der Waals surface area contributed by atoms with Crippen molar-refractivity contribution >= 4 is 17.4 Å². The minimum Gasteiger partial charge on any atom is -0.476 e. The summed E-state index contributed by atoms with van der Waals surface area (Å²) < 4.78 is 1.52. The first kappa shape index (κ1) is 15.3. The van der Waals surface area contributed by atoms with Crippen LogP contribution in [-0.4, -0.2) is 37.7 Å². The lowest BCUT2D eigenvalue weighted by molar-refractivity contribution is 0.0512. The summed E-state index contributed by atoms with van der Waals surface area (Å²) in [5.41, 5.74) is -0.286. The second-order valence-corrected chi connectivity index (χ2v) is 5.99. The van der Waals surface area contributed by atoms with E-state index in [0.717, 1.165) is 0 Å². The Hall–Kier alpha value is -2.08. The zero-order valence-electron chi connectivity index (χ0n) is 12.5. The van der Waals surface area contributed by atoms with Crippen LogP contribution in [0.2, 0.25) is 0 Å². The van der Waals surface area contributed by atoms with Gasteiger partial charge in [0, 0.05) is 12.7 Å².